The van der Waals surface area contributed by atoms with Crippen molar-refractivity contribution in [3.63, 3.8) is 0 Å². The molecule has 0 atom stereocenters. The van der Waals surface area contributed by atoms with E-state index in [9.17, 15) is 12.3 Å². The molecule has 0 amide bonds. The second kappa shape index (κ2) is 5.00. The van der Waals surface area contributed by atoms with Crippen LogP contribution in [0.1, 0.15) is 11.1 Å². The van der Waals surface area contributed by atoms with Gasteiger partial charge in [0.05, 0.1) is 0 Å². The van der Waals surface area contributed by atoms with E-state index in [-0.39, 0.29) is 18.0 Å². The fraction of sp³-hybridized carbons (Fsp3) is 0.250. The number of hydrogen-bond acceptors (Lipinski definition) is 5. The largest absolute Gasteiger partial charge is 0.488 e. The van der Waals surface area contributed by atoms with Crippen molar-refractivity contribution in [2.24, 2.45) is 10.8 Å². The molecule has 0 aliphatic carbocycles. The molecule has 0 spiro atoms. The number of halogens is 1. The van der Waals surface area contributed by atoms with E-state index in [1.807, 2.05) is 0 Å². The molecular formula is C8H9FN4O3S. The lowest BCUT2D eigenvalue weighted by Crippen LogP contribution is -2.05. The average Bonchev–Trinajstić information content (AvgIpc) is 2.21. The van der Waals surface area contributed by atoms with Crippen molar-refractivity contribution in [3.8, 4) is 5.75 Å². The summed E-state index contributed by atoms with van der Waals surface area (Å²) in [6.07, 6.45) is 0. The van der Waals surface area contributed by atoms with Crippen LogP contribution in [0.5, 0.6) is 5.75 Å². The first-order chi connectivity index (χ1) is 7.87. The van der Waals surface area contributed by atoms with E-state index in [0.29, 0.717) is 11.1 Å². The van der Waals surface area contributed by atoms with Crippen LogP contribution in [0.2, 0.25) is 0 Å². The van der Waals surface area contributed by atoms with Gasteiger partial charge in [0.2, 0.25) is 0 Å². The summed E-state index contributed by atoms with van der Waals surface area (Å²) in [5, 5.41) is 3.27. The Hall–Kier alpha value is -1.83. The van der Waals surface area contributed by atoms with Gasteiger partial charge in [-0.1, -0.05) is 9.00 Å². The topological polar surface area (TPSA) is 118 Å². The lowest BCUT2D eigenvalue weighted by molar-refractivity contribution is 0.438. The molecule has 0 bridgehead atoms. The minimum atomic E-state index is -5.13. The lowest BCUT2D eigenvalue weighted by Gasteiger charge is -2.09. The van der Waals surface area contributed by atoms with Crippen molar-refractivity contribution >= 4 is 16.2 Å². The number of benzene rings is 1. The van der Waals surface area contributed by atoms with Gasteiger partial charge in [0.15, 0.2) is 0 Å². The first kappa shape index (κ1) is 13.2. The molecule has 1 aromatic carbocycles. The Bertz CT molecular complexity index is 581. The van der Waals surface area contributed by atoms with Gasteiger partial charge in [-0.2, -0.15) is 8.42 Å². The summed E-state index contributed by atoms with van der Waals surface area (Å²) < 4.78 is 37.3. The standard InChI is InChI=1S/C8H9FN4O3S/c1-5-6(4-10)2-7(12-13-11)3-8(5)16-17(9,14)15/h2-3H,4,10H2,1H3. The highest BCUT2D eigenvalue weighted by atomic mass is 32.3. The fourth-order valence-corrected chi connectivity index (χ4v) is 1.63. The third-order valence-electron chi connectivity index (χ3n) is 2.02. The molecule has 7 nitrogen and oxygen atoms in total. The molecule has 0 fully saturated rings. The van der Waals surface area contributed by atoms with Gasteiger partial charge in [0.25, 0.3) is 0 Å². The van der Waals surface area contributed by atoms with Gasteiger partial charge in [0.1, 0.15) is 5.75 Å². The molecule has 0 aliphatic rings. The van der Waals surface area contributed by atoms with Crippen molar-refractivity contribution in [1.29, 1.82) is 0 Å². The smallest absolute Gasteiger partial charge is 0.358 e. The molecule has 92 valence electrons. The highest BCUT2D eigenvalue weighted by Gasteiger charge is 2.14. The highest BCUT2D eigenvalue weighted by molar-refractivity contribution is 7.81. The Kier molecular flexibility index (Phi) is 3.89. The second-order valence-electron chi connectivity index (χ2n) is 3.10. The first-order valence-electron chi connectivity index (χ1n) is 4.40. The zero-order valence-electron chi connectivity index (χ0n) is 8.79. The van der Waals surface area contributed by atoms with Crippen LogP contribution in [-0.2, 0) is 17.0 Å². The molecule has 0 saturated heterocycles. The van der Waals surface area contributed by atoms with Gasteiger partial charge in [-0.3, -0.25) is 0 Å². The van der Waals surface area contributed by atoms with E-state index in [1.54, 1.807) is 0 Å². The van der Waals surface area contributed by atoms with E-state index in [4.69, 9.17) is 11.3 Å². The zero-order chi connectivity index (χ0) is 13.1. The summed E-state index contributed by atoms with van der Waals surface area (Å²) in [6.45, 7) is 1.59. The van der Waals surface area contributed by atoms with Crippen LogP contribution >= 0.6 is 0 Å². The van der Waals surface area contributed by atoms with E-state index in [1.165, 1.54) is 13.0 Å². The monoisotopic (exact) mass is 260 g/mol. The minimum Gasteiger partial charge on any atom is -0.358 e. The van der Waals surface area contributed by atoms with E-state index < -0.39 is 10.5 Å². The van der Waals surface area contributed by atoms with Gasteiger partial charge in [-0.05, 0) is 35.7 Å². The van der Waals surface area contributed by atoms with Crippen LogP contribution in [0.3, 0.4) is 0 Å². The fourth-order valence-electron chi connectivity index (χ4n) is 1.24. The number of nitrogens with two attached hydrogens (primary N) is 1. The van der Waals surface area contributed by atoms with Crippen LogP contribution in [0, 0.1) is 6.92 Å². The molecule has 0 radical (unpaired) electrons. The molecular weight excluding hydrogens is 251 g/mol. The molecule has 0 unspecified atom stereocenters. The summed E-state index contributed by atoms with van der Waals surface area (Å²) in [4.78, 5) is 2.53. The van der Waals surface area contributed by atoms with Crippen molar-refractivity contribution in [2.45, 2.75) is 13.5 Å². The molecule has 9 heteroatoms. The van der Waals surface area contributed by atoms with Gasteiger partial charge in [0, 0.05) is 17.1 Å². The number of azide groups is 1. The molecule has 0 aliphatic heterocycles. The highest BCUT2D eigenvalue weighted by Crippen LogP contribution is 2.29. The maximum atomic E-state index is 12.4. The third kappa shape index (κ3) is 3.59. The molecule has 1 rings (SSSR count). The zero-order valence-corrected chi connectivity index (χ0v) is 9.61. The Balaban J connectivity index is 3.37. The summed E-state index contributed by atoms with van der Waals surface area (Å²) >= 11 is 0. The van der Waals surface area contributed by atoms with Crippen LogP contribution in [-0.4, -0.2) is 8.42 Å². The van der Waals surface area contributed by atoms with Crippen molar-refractivity contribution in [1.82, 2.24) is 0 Å². The van der Waals surface area contributed by atoms with E-state index >= 15 is 0 Å². The predicted octanol–water partition coefficient (Wildman–Crippen LogP) is 1.99. The molecule has 1 aromatic rings. The number of hydrogen-bond donors (Lipinski definition) is 1. The SMILES string of the molecule is Cc1c(CN)cc(N=[N+]=[N-])cc1OS(=O)(=O)F. The van der Waals surface area contributed by atoms with Crippen LogP contribution in [0.25, 0.3) is 10.4 Å². The van der Waals surface area contributed by atoms with Crippen LogP contribution in [0.15, 0.2) is 17.2 Å². The average molecular weight is 260 g/mol. The molecule has 0 aromatic heterocycles. The van der Waals surface area contributed by atoms with Gasteiger partial charge < -0.3 is 9.92 Å². The quantitative estimate of drug-likeness (QED) is 0.385. The summed E-state index contributed by atoms with van der Waals surface area (Å²) in [5.41, 5.74) is 14.6. The van der Waals surface area contributed by atoms with Crippen LogP contribution < -0.4 is 9.92 Å². The maximum absolute atomic E-state index is 12.4. The third-order valence-corrected chi connectivity index (χ3v) is 2.40. The first-order valence-corrected chi connectivity index (χ1v) is 5.71. The van der Waals surface area contributed by atoms with Gasteiger partial charge >= 0.3 is 10.5 Å². The Morgan fingerprint density at radius 3 is 2.71 bits per heavy atom. The van der Waals surface area contributed by atoms with Crippen molar-refractivity contribution in [2.75, 3.05) is 0 Å². The molecule has 17 heavy (non-hydrogen) atoms. The maximum Gasteiger partial charge on any atom is 0.488 e. The van der Waals surface area contributed by atoms with Gasteiger partial charge in [-0.25, -0.2) is 0 Å². The van der Waals surface area contributed by atoms with E-state index in [2.05, 4.69) is 14.2 Å². The predicted molar refractivity (Wildman–Crippen MR) is 58.5 cm³/mol. The molecule has 0 heterocycles. The Morgan fingerprint density at radius 1 is 1.59 bits per heavy atom. The minimum absolute atomic E-state index is 0.0727. The second-order valence-corrected chi connectivity index (χ2v) is 4.05. The lowest BCUT2D eigenvalue weighted by atomic mass is 10.1. The van der Waals surface area contributed by atoms with Gasteiger partial charge in [-0.15, -0.1) is 0 Å². The Morgan fingerprint density at radius 2 is 2.24 bits per heavy atom. The normalized spacial score (nSPS) is 10.8. The summed E-state index contributed by atoms with van der Waals surface area (Å²) in [6, 6.07) is 2.58. The molecule has 2 N–H and O–H groups in total. The van der Waals surface area contributed by atoms with Crippen LogP contribution in [0.4, 0.5) is 9.57 Å². The van der Waals surface area contributed by atoms with E-state index in [0.717, 1.165) is 6.07 Å². The van der Waals surface area contributed by atoms with Crippen molar-refractivity contribution < 1.29 is 16.5 Å². The van der Waals surface area contributed by atoms with Crippen molar-refractivity contribution in [3.05, 3.63) is 33.7 Å². The summed E-state index contributed by atoms with van der Waals surface area (Å²) in [5.74, 6) is -0.252. The molecule has 0 saturated carbocycles. The number of rotatable bonds is 4. The Labute approximate surface area is 97.0 Å². The number of nitrogens with zero attached hydrogens (tertiary/aromatic N) is 3. The summed E-state index contributed by atoms with van der Waals surface area (Å²) in [7, 11) is -5.13.